The maximum absolute atomic E-state index is 11.7. The molecule has 1 amide bonds. The Labute approximate surface area is 123 Å². The summed E-state index contributed by atoms with van der Waals surface area (Å²) >= 11 is 0. The molecule has 6 nitrogen and oxygen atoms in total. The maximum atomic E-state index is 11.7. The summed E-state index contributed by atoms with van der Waals surface area (Å²) in [6, 6.07) is 7.09. The van der Waals surface area contributed by atoms with Crippen LogP contribution in [0.25, 0.3) is 11.4 Å². The van der Waals surface area contributed by atoms with E-state index in [0.717, 1.165) is 5.56 Å². The standard InChI is InChI=1S/C15H19N3O3/c1-9(2)14(19)16-10(3)15-17-13(18-21-15)11-7-5-6-8-12(11)20-4/h5-10H,1-4H3,(H,16,19)/t10-/m0/s1. The number of aromatic nitrogens is 2. The second-order valence-electron chi connectivity index (χ2n) is 5.04. The van der Waals surface area contributed by atoms with Crippen molar-refractivity contribution >= 4 is 5.91 Å². The average molecular weight is 289 g/mol. The lowest BCUT2D eigenvalue weighted by atomic mass is 10.2. The fraction of sp³-hybridized carbons (Fsp3) is 0.400. The summed E-state index contributed by atoms with van der Waals surface area (Å²) < 4.78 is 10.5. The second-order valence-corrected chi connectivity index (χ2v) is 5.04. The number of carbonyl (C=O) groups excluding carboxylic acids is 1. The third-order valence-electron chi connectivity index (χ3n) is 3.04. The number of benzene rings is 1. The molecule has 1 heterocycles. The van der Waals surface area contributed by atoms with Gasteiger partial charge in [-0.15, -0.1) is 0 Å². The van der Waals surface area contributed by atoms with Gasteiger partial charge in [0.05, 0.1) is 12.7 Å². The molecule has 1 atom stereocenters. The van der Waals surface area contributed by atoms with Crippen LogP contribution in [0.15, 0.2) is 28.8 Å². The molecule has 0 unspecified atom stereocenters. The van der Waals surface area contributed by atoms with Crippen LogP contribution < -0.4 is 10.1 Å². The number of ether oxygens (including phenoxy) is 1. The number of methoxy groups -OCH3 is 1. The third-order valence-corrected chi connectivity index (χ3v) is 3.04. The summed E-state index contributed by atoms with van der Waals surface area (Å²) in [5.41, 5.74) is 0.748. The highest BCUT2D eigenvalue weighted by Crippen LogP contribution is 2.27. The van der Waals surface area contributed by atoms with Gasteiger partial charge in [0.15, 0.2) is 0 Å². The Kier molecular flexibility index (Phi) is 4.57. The van der Waals surface area contributed by atoms with E-state index < -0.39 is 0 Å². The highest BCUT2D eigenvalue weighted by atomic mass is 16.5. The Morgan fingerprint density at radius 3 is 2.67 bits per heavy atom. The van der Waals surface area contributed by atoms with Gasteiger partial charge in [0.2, 0.25) is 17.6 Å². The fourth-order valence-electron chi connectivity index (χ4n) is 1.79. The lowest BCUT2D eigenvalue weighted by Crippen LogP contribution is -2.30. The zero-order valence-electron chi connectivity index (χ0n) is 12.6. The third kappa shape index (κ3) is 3.39. The van der Waals surface area contributed by atoms with Crippen molar-refractivity contribution in [1.29, 1.82) is 0 Å². The van der Waals surface area contributed by atoms with Gasteiger partial charge in [0, 0.05) is 5.92 Å². The largest absolute Gasteiger partial charge is 0.496 e. The van der Waals surface area contributed by atoms with Gasteiger partial charge >= 0.3 is 0 Å². The number of hydrogen-bond acceptors (Lipinski definition) is 5. The monoisotopic (exact) mass is 289 g/mol. The van der Waals surface area contributed by atoms with Gasteiger partial charge in [0.25, 0.3) is 0 Å². The molecule has 112 valence electrons. The predicted octanol–water partition coefficient (Wildman–Crippen LogP) is 2.58. The molecule has 0 bridgehead atoms. The molecule has 2 rings (SSSR count). The second kappa shape index (κ2) is 6.39. The highest BCUT2D eigenvalue weighted by Gasteiger charge is 2.19. The van der Waals surface area contributed by atoms with Crippen LogP contribution in [0.1, 0.15) is 32.7 Å². The number of amides is 1. The van der Waals surface area contributed by atoms with Crippen molar-refractivity contribution in [3.8, 4) is 17.1 Å². The Bertz CT molecular complexity index is 622. The molecule has 0 saturated heterocycles. The van der Waals surface area contributed by atoms with Crippen molar-refractivity contribution in [2.24, 2.45) is 5.92 Å². The smallest absolute Gasteiger partial charge is 0.249 e. The quantitative estimate of drug-likeness (QED) is 0.915. The first kappa shape index (κ1) is 15.0. The maximum Gasteiger partial charge on any atom is 0.249 e. The van der Waals surface area contributed by atoms with Gasteiger partial charge in [-0.25, -0.2) is 0 Å². The van der Waals surface area contributed by atoms with E-state index in [1.165, 1.54) is 0 Å². The summed E-state index contributed by atoms with van der Waals surface area (Å²) in [6.45, 7) is 5.46. The van der Waals surface area contributed by atoms with Gasteiger partial charge < -0.3 is 14.6 Å². The first-order valence-electron chi connectivity index (χ1n) is 6.80. The molecule has 21 heavy (non-hydrogen) atoms. The molecular weight excluding hydrogens is 270 g/mol. The zero-order valence-corrected chi connectivity index (χ0v) is 12.6. The van der Waals surface area contributed by atoms with E-state index in [9.17, 15) is 4.79 Å². The molecule has 0 aliphatic carbocycles. The molecule has 1 aromatic carbocycles. The zero-order chi connectivity index (χ0) is 15.4. The Morgan fingerprint density at radius 2 is 2.00 bits per heavy atom. The van der Waals surface area contributed by atoms with Crippen molar-refractivity contribution in [1.82, 2.24) is 15.5 Å². The van der Waals surface area contributed by atoms with Crippen LogP contribution in [0, 0.1) is 5.92 Å². The molecular formula is C15H19N3O3. The van der Waals surface area contributed by atoms with Gasteiger partial charge in [-0.3, -0.25) is 4.79 Å². The molecule has 6 heteroatoms. The normalized spacial score (nSPS) is 12.2. The molecule has 0 spiro atoms. The minimum Gasteiger partial charge on any atom is -0.496 e. The van der Waals surface area contributed by atoms with Crippen LogP contribution in [-0.4, -0.2) is 23.2 Å². The Morgan fingerprint density at radius 1 is 1.29 bits per heavy atom. The lowest BCUT2D eigenvalue weighted by molar-refractivity contribution is -0.124. The topological polar surface area (TPSA) is 77.3 Å². The van der Waals surface area contributed by atoms with Crippen molar-refractivity contribution < 1.29 is 14.1 Å². The minimum absolute atomic E-state index is 0.0560. The number of nitrogens with one attached hydrogen (secondary N) is 1. The number of carbonyl (C=O) groups is 1. The van der Waals surface area contributed by atoms with Crippen LogP contribution in [0.2, 0.25) is 0 Å². The number of nitrogens with zero attached hydrogens (tertiary/aromatic N) is 2. The molecule has 0 saturated carbocycles. The summed E-state index contributed by atoms with van der Waals surface area (Å²) in [6.07, 6.45) is 0. The average Bonchev–Trinajstić information content (AvgIpc) is 2.96. The molecule has 0 aliphatic rings. The number of para-hydroxylation sites is 1. The van der Waals surface area contributed by atoms with Gasteiger partial charge in [-0.2, -0.15) is 4.98 Å². The predicted molar refractivity (Wildman–Crippen MR) is 77.7 cm³/mol. The van der Waals surface area contributed by atoms with Crippen molar-refractivity contribution in [2.45, 2.75) is 26.8 Å². The van der Waals surface area contributed by atoms with Crippen LogP contribution in [0.5, 0.6) is 5.75 Å². The van der Waals surface area contributed by atoms with E-state index in [4.69, 9.17) is 9.26 Å². The Hall–Kier alpha value is -2.37. The summed E-state index contributed by atoms with van der Waals surface area (Å²) in [5, 5.41) is 6.77. The molecule has 2 aromatic rings. The number of hydrogen-bond donors (Lipinski definition) is 1. The van der Waals surface area contributed by atoms with E-state index in [2.05, 4.69) is 15.5 Å². The molecule has 1 aromatic heterocycles. The van der Waals surface area contributed by atoms with E-state index in [-0.39, 0.29) is 17.9 Å². The van der Waals surface area contributed by atoms with Crippen LogP contribution >= 0.6 is 0 Å². The van der Waals surface area contributed by atoms with Gasteiger partial charge in [-0.1, -0.05) is 31.1 Å². The van der Waals surface area contributed by atoms with Crippen LogP contribution in [0.3, 0.4) is 0 Å². The molecule has 0 radical (unpaired) electrons. The summed E-state index contributed by atoms with van der Waals surface area (Å²) in [5.74, 6) is 1.32. The van der Waals surface area contributed by atoms with E-state index in [1.54, 1.807) is 14.0 Å². The first-order chi connectivity index (χ1) is 10.0. The molecule has 1 N–H and O–H groups in total. The lowest BCUT2D eigenvalue weighted by Gasteiger charge is -2.11. The van der Waals surface area contributed by atoms with E-state index >= 15 is 0 Å². The summed E-state index contributed by atoms with van der Waals surface area (Å²) in [4.78, 5) is 16.0. The van der Waals surface area contributed by atoms with Crippen molar-refractivity contribution in [3.63, 3.8) is 0 Å². The fourth-order valence-corrected chi connectivity index (χ4v) is 1.79. The van der Waals surface area contributed by atoms with Gasteiger partial charge in [0.1, 0.15) is 11.8 Å². The molecule has 0 aliphatic heterocycles. The van der Waals surface area contributed by atoms with E-state index in [0.29, 0.717) is 17.5 Å². The minimum atomic E-state index is -0.337. The first-order valence-corrected chi connectivity index (χ1v) is 6.80. The highest BCUT2D eigenvalue weighted by molar-refractivity contribution is 5.78. The Balaban J connectivity index is 2.20. The van der Waals surface area contributed by atoms with Crippen LogP contribution in [-0.2, 0) is 4.79 Å². The SMILES string of the molecule is COc1ccccc1-c1noc([C@H](C)NC(=O)C(C)C)n1. The van der Waals surface area contributed by atoms with Crippen molar-refractivity contribution in [3.05, 3.63) is 30.2 Å². The number of rotatable bonds is 5. The molecule has 0 fully saturated rings. The summed E-state index contributed by atoms with van der Waals surface area (Å²) in [7, 11) is 1.59. The van der Waals surface area contributed by atoms with Gasteiger partial charge in [-0.05, 0) is 19.1 Å². The van der Waals surface area contributed by atoms with Crippen LogP contribution in [0.4, 0.5) is 0 Å². The van der Waals surface area contributed by atoms with Crippen molar-refractivity contribution in [2.75, 3.05) is 7.11 Å². The van der Waals surface area contributed by atoms with E-state index in [1.807, 2.05) is 38.1 Å².